The molecule has 0 fully saturated rings. The van der Waals surface area contributed by atoms with Gasteiger partial charge in [-0.2, -0.15) is 13.5 Å². The van der Waals surface area contributed by atoms with Crippen molar-refractivity contribution in [2.45, 2.75) is 43.6 Å². The lowest BCUT2D eigenvalue weighted by atomic mass is 9.80. The van der Waals surface area contributed by atoms with Gasteiger partial charge in [0.15, 0.2) is 5.03 Å². The molecule has 1 aromatic heterocycles. The van der Waals surface area contributed by atoms with Gasteiger partial charge in [0.2, 0.25) is 0 Å². The molecule has 0 unspecified atom stereocenters. The van der Waals surface area contributed by atoms with Crippen molar-refractivity contribution >= 4 is 34.3 Å². The zero-order valence-corrected chi connectivity index (χ0v) is 18.6. The second kappa shape index (κ2) is 8.33. The minimum Gasteiger partial charge on any atom is -0.423 e. The molecule has 1 heterocycles. The topological polar surface area (TPSA) is 134 Å². The molecule has 2 aromatic carbocycles. The number of benzene rings is 2. The summed E-state index contributed by atoms with van der Waals surface area (Å²) in [6.45, 7) is 0. The van der Waals surface area contributed by atoms with E-state index in [9.17, 15) is 23.3 Å². The lowest BCUT2D eigenvalue weighted by molar-refractivity contribution is 0.256. The van der Waals surface area contributed by atoms with Crippen molar-refractivity contribution in [3.8, 4) is 5.69 Å². The van der Waals surface area contributed by atoms with Crippen molar-refractivity contribution in [2.24, 2.45) is 0 Å². The summed E-state index contributed by atoms with van der Waals surface area (Å²) in [6, 6.07) is 8.88. The van der Waals surface area contributed by atoms with E-state index in [-0.39, 0.29) is 5.03 Å². The molecule has 0 aliphatic heterocycles. The maximum absolute atomic E-state index is 12.8. The van der Waals surface area contributed by atoms with E-state index in [0.29, 0.717) is 11.2 Å². The van der Waals surface area contributed by atoms with Gasteiger partial charge in [-0.05, 0) is 84.4 Å². The molecule has 2 amide bonds. The Bertz CT molecular complexity index is 1300. The SMILES string of the molecule is O=C(Nc1c2c(cc3c1CCC3)CCC2)NS(=O)(=O)c1ccn(-c2ccc(B(O)O)cc2)n1. The molecule has 3 aromatic rings. The average Bonchev–Trinajstić information content (AvgIpc) is 3.53. The number of carbonyl (C=O) groups excluding carboxylic acids is 1. The summed E-state index contributed by atoms with van der Waals surface area (Å²) in [5.41, 5.74) is 6.31. The van der Waals surface area contributed by atoms with Crippen LogP contribution in [0.4, 0.5) is 10.5 Å². The van der Waals surface area contributed by atoms with Crippen LogP contribution < -0.4 is 15.5 Å². The molecule has 0 bridgehead atoms. The van der Waals surface area contributed by atoms with Crippen LogP contribution in [0.1, 0.15) is 35.1 Å². The number of amides is 2. The normalized spacial score (nSPS) is 14.6. The number of sulfonamides is 1. The van der Waals surface area contributed by atoms with Gasteiger partial charge in [-0.15, -0.1) is 0 Å². The summed E-state index contributed by atoms with van der Waals surface area (Å²) in [4.78, 5) is 12.7. The van der Waals surface area contributed by atoms with Gasteiger partial charge < -0.3 is 15.4 Å². The number of urea groups is 1. The molecule has 11 heteroatoms. The summed E-state index contributed by atoms with van der Waals surface area (Å²) in [6.07, 6.45) is 7.22. The summed E-state index contributed by atoms with van der Waals surface area (Å²) in [5.74, 6) is 0. The van der Waals surface area contributed by atoms with Crippen molar-refractivity contribution in [1.82, 2.24) is 14.5 Å². The first-order valence-corrected chi connectivity index (χ1v) is 12.3. The van der Waals surface area contributed by atoms with Gasteiger partial charge in [0.05, 0.1) is 5.69 Å². The summed E-state index contributed by atoms with van der Waals surface area (Å²) < 4.78 is 29.0. The first-order valence-electron chi connectivity index (χ1n) is 10.8. The number of carbonyl (C=O) groups is 1. The van der Waals surface area contributed by atoms with E-state index in [1.807, 2.05) is 0 Å². The molecular weight excluding hydrogens is 443 g/mol. The van der Waals surface area contributed by atoms with Crippen LogP contribution in [-0.2, 0) is 35.7 Å². The second-order valence-electron chi connectivity index (χ2n) is 8.36. The Kier molecular flexibility index (Phi) is 5.47. The van der Waals surface area contributed by atoms with Crippen LogP contribution in [-0.4, -0.2) is 41.4 Å². The zero-order chi connectivity index (χ0) is 23.2. The molecule has 0 spiro atoms. The third-order valence-corrected chi connectivity index (χ3v) is 7.46. The van der Waals surface area contributed by atoms with Crippen LogP contribution in [0.15, 0.2) is 47.6 Å². The number of fused-ring (bicyclic) bond motifs is 2. The predicted octanol–water partition coefficient (Wildman–Crippen LogP) is 1.04. The molecule has 170 valence electrons. The molecule has 0 saturated heterocycles. The minimum atomic E-state index is -4.19. The molecule has 0 radical (unpaired) electrons. The van der Waals surface area contributed by atoms with E-state index in [1.54, 1.807) is 12.1 Å². The second-order valence-corrected chi connectivity index (χ2v) is 9.99. The first kappa shape index (κ1) is 21.7. The first-order chi connectivity index (χ1) is 15.8. The van der Waals surface area contributed by atoms with Crippen LogP contribution in [0, 0.1) is 0 Å². The smallest absolute Gasteiger partial charge is 0.423 e. The van der Waals surface area contributed by atoms with Gasteiger partial charge in [0.1, 0.15) is 0 Å². The molecule has 2 aliphatic rings. The van der Waals surface area contributed by atoms with Gasteiger partial charge in [-0.25, -0.2) is 14.2 Å². The van der Waals surface area contributed by atoms with Gasteiger partial charge in [-0.3, -0.25) is 0 Å². The minimum absolute atomic E-state index is 0.299. The van der Waals surface area contributed by atoms with E-state index in [0.717, 1.165) is 55.3 Å². The molecule has 0 saturated carbocycles. The summed E-state index contributed by atoms with van der Waals surface area (Å²) in [7, 11) is -5.79. The van der Waals surface area contributed by atoms with E-state index < -0.39 is 23.2 Å². The highest BCUT2D eigenvalue weighted by atomic mass is 32.2. The van der Waals surface area contributed by atoms with Crippen LogP contribution in [0.25, 0.3) is 5.69 Å². The summed E-state index contributed by atoms with van der Waals surface area (Å²) >= 11 is 0. The number of aryl methyl sites for hydroxylation is 2. The van der Waals surface area contributed by atoms with Crippen LogP contribution in [0.5, 0.6) is 0 Å². The van der Waals surface area contributed by atoms with E-state index in [2.05, 4.69) is 21.2 Å². The van der Waals surface area contributed by atoms with Crippen molar-refractivity contribution in [1.29, 1.82) is 0 Å². The Balaban J connectivity index is 1.34. The predicted molar refractivity (Wildman–Crippen MR) is 123 cm³/mol. The average molecular weight is 466 g/mol. The third kappa shape index (κ3) is 4.15. The van der Waals surface area contributed by atoms with Crippen molar-refractivity contribution < 1.29 is 23.3 Å². The maximum atomic E-state index is 12.8. The highest BCUT2D eigenvalue weighted by molar-refractivity contribution is 7.90. The highest BCUT2D eigenvalue weighted by Crippen LogP contribution is 2.38. The lowest BCUT2D eigenvalue weighted by Crippen LogP contribution is -2.35. The van der Waals surface area contributed by atoms with Crippen molar-refractivity contribution in [2.75, 3.05) is 5.32 Å². The Labute approximate surface area is 191 Å². The number of hydrogen-bond acceptors (Lipinski definition) is 6. The molecule has 9 nitrogen and oxygen atoms in total. The lowest BCUT2D eigenvalue weighted by Gasteiger charge is -2.16. The molecule has 33 heavy (non-hydrogen) atoms. The fraction of sp³-hybridized carbons (Fsp3) is 0.273. The Hall–Kier alpha value is -3.15. The van der Waals surface area contributed by atoms with Gasteiger partial charge in [-0.1, -0.05) is 18.2 Å². The third-order valence-electron chi connectivity index (χ3n) is 6.23. The molecule has 4 N–H and O–H groups in total. The molecular formula is C22H23BN4O5S. The Morgan fingerprint density at radius 1 is 0.970 bits per heavy atom. The van der Waals surface area contributed by atoms with Gasteiger partial charge in [0, 0.05) is 11.9 Å². The largest absolute Gasteiger partial charge is 0.488 e. The standard InChI is InChI=1S/C22H23BN4O5S/c28-22(24-21-18-5-1-3-14(18)13-15-4-2-6-19(15)21)26-33(31,32)20-11-12-27(25-20)17-9-7-16(8-10-17)23(29)30/h7-13,29-30H,1-6H2,(H2,24,26,28). The van der Waals surface area contributed by atoms with Crippen LogP contribution >= 0.6 is 0 Å². The Morgan fingerprint density at radius 3 is 2.21 bits per heavy atom. The van der Waals surface area contributed by atoms with Gasteiger partial charge >= 0.3 is 13.1 Å². The monoisotopic (exact) mass is 466 g/mol. The van der Waals surface area contributed by atoms with Crippen molar-refractivity contribution in [3.63, 3.8) is 0 Å². The molecule has 0 atom stereocenters. The maximum Gasteiger partial charge on any atom is 0.488 e. The number of rotatable bonds is 5. The number of anilines is 1. The quantitative estimate of drug-likeness (QED) is 0.416. The van der Waals surface area contributed by atoms with E-state index in [4.69, 9.17) is 0 Å². The van der Waals surface area contributed by atoms with Gasteiger partial charge in [0.25, 0.3) is 10.0 Å². The van der Waals surface area contributed by atoms with E-state index >= 15 is 0 Å². The highest BCUT2D eigenvalue weighted by Gasteiger charge is 2.27. The van der Waals surface area contributed by atoms with Crippen LogP contribution in [0.2, 0.25) is 0 Å². The Morgan fingerprint density at radius 2 is 1.61 bits per heavy atom. The van der Waals surface area contributed by atoms with Crippen LogP contribution in [0.3, 0.4) is 0 Å². The number of nitrogens with zero attached hydrogens (tertiary/aromatic N) is 2. The number of nitrogens with one attached hydrogen (secondary N) is 2. The molecule has 5 rings (SSSR count). The van der Waals surface area contributed by atoms with E-state index in [1.165, 1.54) is 40.2 Å². The number of hydrogen-bond donors (Lipinski definition) is 4. The molecule has 2 aliphatic carbocycles. The number of aromatic nitrogens is 2. The summed E-state index contributed by atoms with van der Waals surface area (Å²) in [5, 5.41) is 25.0. The fourth-order valence-electron chi connectivity index (χ4n) is 4.67. The fourth-order valence-corrected chi connectivity index (χ4v) is 5.51. The zero-order valence-electron chi connectivity index (χ0n) is 17.8. The van der Waals surface area contributed by atoms with Crippen molar-refractivity contribution in [3.05, 3.63) is 64.8 Å².